The van der Waals surface area contributed by atoms with E-state index in [0.29, 0.717) is 6.61 Å². The van der Waals surface area contributed by atoms with E-state index in [1.807, 2.05) is 26.0 Å². The van der Waals surface area contributed by atoms with Gasteiger partial charge in [-0.15, -0.1) is 0 Å². The van der Waals surface area contributed by atoms with Gasteiger partial charge in [0.15, 0.2) is 12.1 Å². The third kappa shape index (κ3) is 3.77. The van der Waals surface area contributed by atoms with Crippen molar-refractivity contribution in [3.05, 3.63) is 60.7 Å². The predicted octanol–water partition coefficient (Wildman–Crippen LogP) is 2.80. The van der Waals surface area contributed by atoms with Crippen molar-refractivity contribution in [1.82, 2.24) is 0 Å². The summed E-state index contributed by atoms with van der Waals surface area (Å²) in [6.07, 6.45) is -2.25. The van der Waals surface area contributed by atoms with Crippen LogP contribution in [-0.2, 0) is 18.6 Å². The van der Waals surface area contributed by atoms with Crippen LogP contribution >= 0.6 is 0 Å². The van der Waals surface area contributed by atoms with Gasteiger partial charge in [0.1, 0.15) is 18.3 Å². The summed E-state index contributed by atoms with van der Waals surface area (Å²) in [6.45, 7) is 10.8. The molecule has 0 aromatic heterocycles. The Labute approximate surface area is 180 Å². The number of aliphatic hydroxyl groups is 1. The van der Waals surface area contributed by atoms with E-state index < -0.39 is 32.6 Å². The topological polar surface area (TPSA) is 57.2 Å². The van der Waals surface area contributed by atoms with Crippen molar-refractivity contribution in [3.63, 3.8) is 0 Å². The van der Waals surface area contributed by atoms with Gasteiger partial charge in [-0.1, -0.05) is 81.4 Å². The number of fused-ring (bicyclic) bond motifs is 1. The molecular formula is C24H32O5Si. The second kappa shape index (κ2) is 7.86. The Kier molecular flexibility index (Phi) is 5.68. The molecule has 2 fully saturated rings. The van der Waals surface area contributed by atoms with E-state index in [9.17, 15) is 5.11 Å². The molecule has 1 N–H and O–H groups in total. The van der Waals surface area contributed by atoms with Gasteiger partial charge in [0.05, 0.1) is 6.61 Å². The van der Waals surface area contributed by atoms with Crippen molar-refractivity contribution in [1.29, 1.82) is 0 Å². The molecule has 2 heterocycles. The van der Waals surface area contributed by atoms with Crippen molar-refractivity contribution in [2.24, 2.45) is 0 Å². The average Bonchev–Trinajstić information content (AvgIpc) is 3.17. The molecule has 6 heteroatoms. The standard InChI is InChI=1S/C24H32O5Si/c1-23(2,3)30(17-12-8-6-9-13-17,18-14-10-7-11-15-18)26-16-19-20-21(22(25)27-19)29-24(4,5)28-20/h6-15,19-22,25H,16H2,1-5H3. The molecule has 162 valence electrons. The Morgan fingerprint density at radius 1 is 0.900 bits per heavy atom. The van der Waals surface area contributed by atoms with E-state index in [-0.39, 0.29) is 11.1 Å². The molecular weight excluding hydrogens is 396 g/mol. The monoisotopic (exact) mass is 428 g/mol. The largest absolute Gasteiger partial charge is 0.405 e. The van der Waals surface area contributed by atoms with Gasteiger partial charge in [-0.25, -0.2) is 0 Å². The summed E-state index contributed by atoms with van der Waals surface area (Å²) < 4.78 is 24.6. The van der Waals surface area contributed by atoms with Crippen LogP contribution in [0.3, 0.4) is 0 Å². The molecule has 4 rings (SSSR count). The Balaban J connectivity index is 1.69. The molecule has 4 unspecified atom stereocenters. The zero-order chi connectivity index (χ0) is 21.6. The van der Waals surface area contributed by atoms with E-state index in [1.165, 1.54) is 10.4 Å². The van der Waals surface area contributed by atoms with Crippen LogP contribution in [0.15, 0.2) is 60.7 Å². The fourth-order valence-corrected chi connectivity index (χ4v) is 9.33. The van der Waals surface area contributed by atoms with Gasteiger partial charge in [-0.2, -0.15) is 0 Å². The lowest BCUT2D eigenvalue weighted by atomic mass is 10.1. The number of hydrogen-bond donors (Lipinski definition) is 1. The SMILES string of the molecule is CC1(C)OC2C(O)OC(CO[Si](c3ccccc3)(c3ccccc3)C(C)(C)C)C2O1. The molecule has 30 heavy (non-hydrogen) atoms. The van der Waals surface area contributed by atoms with Gasteiger partial charge >= 0.3 is 0 Å². The minimum Gasteiger partial charge on any atom is -0.405 e. The summed E-state index contributed by atoms with van der Waals surface area (Å²) in [6, 6.07) is 21.0. The normalized spacial score (nSPS) is 28.5. The second-order valence-corrected chi connectivity index (χ2v) is 13.9. The van der Waals surface area contributed by atoms with Gasteiger partial charge < -0.3 is 23.7 Å². The summed E-state index contributed by atoms with van der Waals surface area (Å²) in [4.78, 5) is 0. The number of ether oxygens (including phenoxy) is 3. The zero-order valence-electron chi connectivity index (χ0n) is 18.4. The molecule has 4 atom stereocenters. The highest BCUT2D eigenvalue weighted by Gasteiger charge is 2.56. The first-order valence-electron chi connectivity index (χ1n) is 10.6. The fraction of sp³-hybridized carbons (Fsp3) is 0.500. The van der Waals surface area contributed by atoms with E-state index in [2.05, 4.69) is 69.3 Å². The highest BCUT2D eigenvalue weighted by atomic mass is 28.4. The van der Waals surface area contributed by atoms with Crippen LogP contribution in [-0.4, -0.2) is 50.4 Å². The van der Waals surface area contributed by atoms with Gasteiger partial charge in [-0.05, 0) is 29.3 Å². The van der Waals surface area contributed by atoms with E-state index in [1.54, 1.807) is 0 Å². The molecule has 2 aliphatic heterocycles. The Morgan fingerprint density at radius 2 is 1.40 bits per heavy atom. The quantitative estimate of drug-likeness (QED) is 0.742. The van der Waals surface area contributed by atoms with Crippen LogP contribution in [0, 0.1) is 0 Å². The first-order chi connectivity index (χ1) is 14.1. The Bertz CT molecular complexity index is 809. The maximum Gasteiger partial charge on any atom is 0.261 e. The van der Waals surface area contributed by atoms with Gasteiger partial charge in [0.2, 0.25) is 0 Å². The third-order valence-electron chi connectivity index (χ3n) is 6.01. The minimum atomic E-state index is -2.68. The molecule has 2 aliphatic rings. The van der Waals surface area contributed by atoms with Gasteiger partial charge in [-0.3, -0.25) is 0 Å². The minimum absolute atomic E-state index is 0.126. The predicted molar refractivity (Wildman–Crippen MR) is 118 cm³/mol. The average molecular weight is 429 g/mol. The fourth-order valence-electron chi connectivity index (χ4n) is 4.76. The number of aliphatic hydroxyl groups excluding tert-OH is 1. The lowest BCUT2D eigenvalue weighted by molar-refractivity contribution is -0.222. The van der Waals surface area contributed by atoms with Crippen LogP contribution in [0.1, 0.15) is 34.6 Å². The summed E-state index contributed by atoms with van der Waals surface area (Å²) in [5.74, 6) is -0.740. The summed E-state index contributed by atoms with van der Waals surface area (Å²) in [5, 5.41) is 12.6. The molecule has 0 amide bonds. The van der Waals surface area contributed by atoms with Crippen LogP contribution in [0.25, 0.3) is 0 Å². The van der Waals surface area contributed by atoms with Crippen LogP contribution in [0.2, 0.25) is 5.04 Å². The van der Waals surface area contributed by atoms with Crippen molar-refractivity contribution >= 4 is 18.7 Å². The first-order valence-corrected chi connectivity index (χ1v) is 12.5. The van der Waals surface area contributed by atoms with E-state index >= 15 is 0 Å². The van der Waals surface area contributed by atoms with Crippen LogP contribution in [0.4, 0.5) is 0 Å². The first kappa shape index (κ1) is 21.7. The zero-order valence-corrected chi connectivity index (χ0v) is 19.4. The smallest absolute Gasteiger partial charge is 0.261 e. The highest BCUT2D eigenvalue weighted by Crippen LogP contribution is 2.40. The van der Waals surface area contributed by atoms with Crippen molar-refractivity contribution < 1.29 is 23.7 Å². The summed E-state index contributed by atoms with van der Waals surface area (Å²) in [7, 11) is -2.68. The molecule has 0 spiro atoms. The summed E-state index contributed by atoms with van der Waals surface area (Å²) in [5.41, 5.74) is 0. The van der Waals surface area contributed by atoms with Crippen molar-refractivity contribution in [2.75, 3.05) is 6.61 Å². The van der Waals surface area contributed by atoms with E-state index in [0.717, 1.165) is 0 Å². The van der Waals surface area contributed by atoms with Gasteiger partial charge in [0, 0.05) is 0 Å². The Morgan fingerprint density at radius 3 is 1.90 bits per heavy atom. The second-order valence-electron chi connectivity index (χ2n) is 9.60. The molecule has 2 aromatic carbocycles. The maximum absolute atomic E-state index is 10.4. The summed E-state index contributed by atoms with van der Waals surface area (Å²) >= 11 is 0. The highest BCUT2D eigenvalue weighted by molar-refractivity contribution is 6.99. The molecule has 0 bridgehead atoms. The number of benzene rings is 2. The number of rotatable bonds is 5. The lowest BCUT2D eigenvalue weighted by Crippen LogP contribution is -2.67. The molecule has 2 saturated heterocycles. The third-order valence-corrected chi connectivity index (χ3v) is 11.0. The molecule has 2 aromatic rings. The number of hydrogen-bond acceptors (Lipinski definition) is 5. The van der Waals surface area contributed by atoms with Crippen molar-refractivity contribution in [3.8, 4) is 0 Å². The Hall–Kier alpha value is -1.54. The molecule has 5 nitrogen and oxygen atoms in total. The maximum atomic E-state index is 10.4. The lowest BCUT2D eigenvalue weighted by Gasteiger charge is -2.43. The van der Waals surface area contributed by atoms with Crippen LogP contribution < -0.4 is 10.4 Å². The molecule has 0 aliphatic carbocycles. The van der Waals surface area contributed by atoms with Crippen LogP contribution in [0.5, 0.6) is 0 Å². The van der Waals surface area contributed by atoms with E-state index in [4.69, 9.17) is 18.6 Å². The molecule has 0 saturated carbocycles. The van der Waals surface area contributed by atoms with Gasteiger partial charge in [0.25, 0.3) is 8.32 Å². The van der Waals surface area contributed by atoms with Crippen molar-refractivity contribution in [2.45, 2.75) is 70.0 Å². The molecule has 0 radical (unpaired) electrons.